The van der Waals surface area contributed by atoms with Crippen LogP contribution >= 0.6 is 0 Å². The van der Waals surface area contributed by atoms with Gasteiger partial charge in [0.2, 0.25) is 0 Å². The fourth-order valence-corrected chi connectivity index (χ4v) is 2.17. The predicted molar refractivity (Wildman–Crippen MR) is 84.0 cm³/mol. The minimum atomic E-state index is -0.447. The van der Waals surface area contributed by atoms with Gasteiger partial charge in [0, 0.05) is 6.42 Å². The summed E-state index contributed by atoms with van der Waals surface area (Å²) in [4.78, 5) is 0. The molecular formula is C18H22O3. The predicted octanol–water partition coefficient (Wildman–Crippen LogP) is 3.68. The number of aliphatic hydroxyl groups is 1. The first-order chi connectivity index (χ1) is 10.1. The van der Waals surface area contributed by atoms with Crippen LogP contribution in [0.1, 0.15) is 29.7 Å². The first-order valence-corrected chi connectivity index (χ1v) is 7.14. The molecule has 1 unspecified atom stereocenters. The second-order valence-corrected chi connectivity index (χ2v) is 5.15. The van der Waals surface area contributed by atoms with E-state index in [1.165, 1.54) is 5.56 Å². The van der Waals surface area contributed by atoms with Crippen molar-refractivity contribution in [2.24, 2.45) is 0 Å². The highest BCUT2D eigenvalue weighted by Gasteiger charge is 2.05. The molecule has 0 amide bonds. The lowest BCUT2D eigenvalue weighted by Gasteiger charge is -2.12. The van der Waals surface area contributed by atoms with Crippen molar-refractivity contribution >= 4 is 0 Å². The Labute approximate surface area is 126 Å². The molecule has 0 bridgehead atoms. The molecule has 1 N–H and O–H groups in total. The number of methoxy groups -OCH3 is 1. The molecule has 1 atom stereocenters. The van der Waals surface area contributed by atoms with Gasteiger partial charge in [-0.2, -0.15) is 0 Å². The third-order valence-electron chi connectivity index (χ3n) is 3.49. The summed E-state index contributed by atoms with van der Waals surface area (Å²) >= 11 is 0. The Kier molecular flexibility index (Phi) is 5.23. The summed E-state index contributed by atoms with van der Waals surface area (Å²) < 4.78 is 11.0. The molecular weight excluding hydrogens is 264 g/mol. The first kappa shape index (κ1) is 15.4. The van der Waals surface area contributed by atoms with Gasteiger partial charge in [0.1, 0.15) is 11.5 Å². The third kappa shape index (κ3) is 4.23. The van der Waals surface area contributed by atoms with Gasteiger partial charge in [0.25, 0.3) is 0 Å². The Hall–Kier alpha value is -2.00. The highest BCUT2D eigenvalue weighted by molar-refractivity contribution is 5.37. The van der Waals surface area contributed by atoms with Crippen LogP contribution in [0.3, 0.4) is 0 Å². The van der Waals surface area contributed by atoms with Crippen molar-refractivity contribution in [1.82, 2.24) is 0 Å². The molecule has 0 aliphatic carbocycles. The smallest absolute Gasteiger partial charge is 0.122 e. The van der Waals surface area contributed by atoms with E-state index < -0.39 is 6.10 Å². The van der Waals surface area contributed by atoms with Gasteiger partial charge in [-0.25, -0.2) is 0 Å². The van der Waals surface area contributed by atoms with Gasteiger partial charge in [-0.1, -0.05) is 18.2 Å². The van der Waals surface area contributed by atoms with Crippen LogP contribution in [0.4, 0.5) is 0 Å². The summed E-state index contributed by atoms with van der Waals surface area (Å²) in [5.41, 5.74) is 3.17. The van der Waals surface area contributed by atoms with Gasteiger partial charge in [-0.3, -0.25) is 0 Å². The SMILES string of the molecule is COc1ccc(CCOc2ccc(C(C)O)cc2C)cc1. The number of hydrogen-bond donors (Lipinski definition) is 1. The van der Waals surface area contributed by atoms with Crippen molar-refractivity contribution < 1.29 is 14.6 Å². The van der Waals surface area contributed by atoms with E-state index in [0.717, 1.165) is 29.0 Å². The number of ether oxygens (including phenoxy) is 2. The number of aryl methyl sites for hydroxylation is 1. The van der Waals surface area contributed by atoms with E-state index >= 15 is 0 Å². The summed E-state index contributed by atoms with van der Waals surface area (Å²) in [6, 6.07) is 13.8. The quantitative estimate of drug-likeness (QED) is 0.880. The molecule has 112 valence electrons. The van der Waals surface area contributed by atoms with Crippen LogP contribution < -0.4 is 9.47 Å². The lowest BCUT2D eigenvalue weighted by atomic mass is 10.1. The van der Waals surface area contributed by atoms with Crippen LogP contribution in [0.2, 0.25) is 0 Å². The van der Waals surface area contributed by atoms with Gasteiger partial charge in [0.15, 0.2) is 0 Å². The Bertz CT molecular complexity index is 574. The highest BCUT2D eigenvalue weighted by Crippen LogP contribution is 2.23. The Balaban J connectivity index is 1.90. The summed E-state index contributed by atoms with van der Waals surface area (Å²) in [5, 5.41) is 9.56. The molecule has 0 spiro atoms. The molecule has 0 aliphatic heterocycles. The summed E-state index contributed by atoms with van der Waals surface area (Å²) in [7, 11) is 1.66. The van der Waals surface area contributed by atoms with E-state index in [-0.39, 0.29) is 0 Å². The fourth-order valence-electron chi connectivity index (χ4n) is 2.17. The van der Waals surface area contributed by atoms with Crippen molar-refractivity contribution in [1.29, 1.82) is 0 Å². The van der Waals surface area contributed by atoms with Crippen LogP contribution in [0, 0.1) is 6.92 Å². The maximum atomic E-state index is 9.56. The van der Waals surface area contributed by atoms with Gasteiger partial charge in [-0.05, 0) is 54.8 Å². The lowest BCUT2D eigenvalue weighted by molar-refractivity contribution is 0.199. The van der Waals surface area contributed by atoms with Crippen LogP contribution in [0.15, 0.2) is 42.5 Å². The molecule has 0 fully saturated rings. The molecule has 3 nitrogen and oxygen atoms in total. The average Bonchev–Trinajstić information content (AvgIpc) is 2.49. The molecule has 2 aromatic carbocycles. The number of benzene rings is 2. The second kappa shape index (κ2) is 7.14. The zero-order valence-corrected chi connectivity index (χ0v) is 12.8. The minimum Gasteiger partial charge on any atom is -0.497 e. The van der Waals surface area contributed by atoms with Crippen molar-refractivity contribution in [2.45, 2.75) is 26.4 Å². The molecule has 0 saturated heterocycles. The van der Waals surface area contributed by atoms with Gasteiger partial charge in [-0.15, -0.1) is 0 Å². The molecule has 2 rings (SSSR count). The maximum absolute atomic E-state index is 9.56. The van der Waals surface area contributed by atoms with E-state index in [9.17, 15) is 5.11 Å². The number of aliphatic hydroxyl groups excluding tert-OH is 1. The highest BCUT2D eigenvalue weighted by atomic mass is 16.5. The molecule has 21 heavy (non-hydrogen) atoms. The van der Waals surface area contributed by atoms with Gasteiger partial charge in [0.05, 0.1) is 19.8 Å². The first-order valence-electron chi connectivity index (χ1n) is 7.14. The standard InChI is InChI=1S/C18H22O3/c1-13-12-16(14(2)19)6-9-18(13)21-11-10-15-4-7-17(20-3)8-5-15/h4-9,12,14,19H,10-11H2,1-3H3. The molecule has 0 radical (unpaired) electrons. The summed E-state index contributed by atoms with van der Waals surface area (Å²) in [6.07, 6.45) is 0.402. The summed E-state index contributed by atoms with van der Waals surface area (Å²) in [5.74, 6) is 1.73. The van der Waals surface area contributed by atoms with Gasteiger partial charge >= 0.3 is 0 Å². The van der Waals surface area contributed by atoms with Crippen molar-refractivity contribution in [2.75, 3.05) is 13.7 Å². The Morgan fingerprint density at radius 3 is 2.38 bits per heavy atom. The minimum absolute atomic E-state index is 0.447. The summed E-state index contributed by atoms with van der Waals surface area (Å²) in [6.45, 7) is 4.38. The Morgan fingerprint density at radius 1 is 1.10 bits per heavy atom. The lowest BCUT2D eigenvalue weighted by Crippen LogP contribution is -2.03. The van der Waals surface area contributed by atoms with Crippen molar-refractivity contribution in [3.05, 3.63) is 59.2 Å². The van der Waals surface area contributed by atoms with Crippen molar-refractivity contribution in [3.63, 3.8) is 0 Å². The van der Waals surface area contributed by atoms with Crippen LogP contribution in [0.25, 0.3) is 0 Å². The Morgan fingerprint density at radius 2 is 1.81 bits per heavy atom. The largest absolute Gasteiger partial charge is 0.497 e. The normalized spacial score (nSPS) is 12.0. The van der Waals surface area contributed by atoms with E-state index in [1.807, 2.05) is 49.4 Å². The zero-order valence-electron chi connectivity index (χ0n) is 12.8. The van der Waals surface area contributed by atoms with Crippen LogP contribution in [-0.2, 0) is 6.42 Å². The van der Waals surface area contributed by atoms with Crippen LogP contribution in [-0.4, -0.2) is 18.8 Å². The molecule has 0 heterocycles. The second-order valence-electron chi connectivity index (χ2n) is 5.15. The topological polar surface area (TPSA) is 38.7 Å². The van der Waals surface area contributed by atoms with E-state index in [2.05, 4.69) is 0 Å². The number of hydrogen-bond acceptors (Lipinski definition) is 3. The third-order valence-corrected chi connectivity index (χ3v) is 3.49. The molecule has 0 saturated carbocycles. The van der Waals surface area contributed by atoms with E-state index in [1.54, 1.807) is 14.0 Å². The monoisotopic (exact) mass is 286 g/mol. The fraction of sp³-hybridized carbons (Fsp3) is 0.333. The average molecular weight is 286 g/mol. The maximum Gasteiger partial charge on any atom is 0.122 e. The van der Waals surface area contributed by atoms with E-state index in [0.29, 0.717) is 6.61 Å². The zero-order chi connectivity index (χ0) is 15.2. The van der Waals surface area contributed by atoms with Gasteiger partial charge < -0.3 is 14.6 Å². The molecule has 3 heteroatoms. The molecule has 2 aromatic rings. The molecule has 0 aromatic heterocycles. The van der Waals surface area contributed by atoms with Crippen molar-refractivity contribution in [3.8, 4) is 11.5 Å². The van der Waals surface area contributed by atoms with E-state index in [4.69, 9.17) is 9.47 Å². The van der Waals surface area contributed by atoms with Crippen LogP contribution in [0.5, 0.6) is 11.5 Å². The molecule has 0 aliphatic rings. The number of rotatable bonds is 6.